The number of ether oxygens (including phenoxy) is 1. The molecule has 2 unspecified atom stereocenters. The minimum Gasteiger partial charge on any atom is -0.478 e. The lowest BCUT2D eigenvalue weighted by atomic mass is 9.99. The first-order valence-electron chi connectivity index (χ1n) is 11.8. The number of aliphatic carboxylic acids is 1. The molecule has 0 aromatic rings. The summed E-state index contributed by atoms with van der Waals surface area (Å²) in [5, 5.41) is 18.7. The second-order valence-electron chi connectivity index (χ2n) is 9.24. The Bertz CT molecular complexity index is 433. The molecular formula is C24H46O5. The number of hydrogen-bond donors (Lipinski definition) is 2. The largest absolute Gasteiger partial charge is 0.478 e. The Kier molecular flexibility index (Phi) is 16.0. The van der Waals surface area contributed by atoms with Crippen molar-refractivity contribution in [2.24, 2.45) is 5.92 Å². The van der Waals surface area contributed by atoms with Crippen molar-refractivity contribution < 1.29 is 24.5 Å². The molecule has 29 heavy (non-hydrogen) atoms. The minimum atomic E-state index is -1.65. The van der Waals surface area contributed by atoms with Crippen molar-refractivity contribution >= 4 is 11.9 Å². The lowest BCUT2D eigenvalue weighted by Crippen LogP contribution is -2.42. The fraction of sp³-hybridized carbons (Fsp3) is 0.917. The van der Waals surface area contributed by atoms with Gasteiger partial charge in [-0.2, -0.15) is 0 Å². The molecule has 2 atom stereocenters. The minimum absolute atomic E-state index is 0.105. The van der Waals surface area contributed by atoms with Gasteiger partial charge in [0.25, 0.3) is 0 Å². The van der Waals surface area contributed by atoms with E-state index in [1.54, 1.807) is 0 Å². The molecule has 0 radical (unpaired) electrons. The highest BCUT2D eigenvalue weighted by molar-refractivity contribution is 5.81. The third-order valence-electron chi connectivity index (χ3n) is 5.39. The molecule has 0 saturated heterocycles. The number of carboxylic acids is 1. The average Bonchev–Trinajstić information content (AvgIpc) is 2.60. The zero-order valence-corrected chi connectivity index (χ0v) is 19.4. The van der Waals surface area contributed by atoms with E-state index in [-0.39, 0.29) is 12.8 Å². The molecule has 172 valence electrons. The number of carbonyl (C=O) groups is 2. The maximum atomic E-state index is 11.9. The number of unbranched alkanes of at least 4 members (excludes halogenated alkanes) is 11. The number of aliphatic hydroxyl groups is 1. The Morgan fingerprint density at radius 2 is 1.21 bits per heavy atom. The lowest BCUT2D eigenvalue weighted by molar-refractivity contribution is -0.179. The highest BCUT2D eigenvalue weighted by atomic mass is 16.6. The molecule has 0 aliphatic carbocycles. The summed E-state index contributed by atoms with van der Waals surface area (Å²) in [7, 11) is 0. The average molecular weight is 415 g/mol. The molecular weight excluding hydrogens is 368 g/mol. The molecule has 0 aliphatic rings. The zero-order chi connectivity index (χ0) is 22.1. The zero-order valence-electron chi connectivity index (χ0n) is 19.4. The smallest absolute Gasteiger partial charge is 0.347 e. The summed E-state index contributed by atoms with van der Waals surface area (Å²) in [6, 6.07) is 0. The van der Waals surface area contributed by atoms with E-state index < -0.39 is 23.6 Å². The second kappa shape index (κ2) is 16.7. The van der Waals surface area contributed by atoms with Crippen LogP contribution < -0.4 is 0 Å². The predicted molar refractivity (Wildman–Crippen MR) is 118 cm³/mol. The van der Waals surface area contributed by atoms with Crippen molar-refractivity contribution in [1.82, 2.24) is 0 Å². The van der Waals surface area contributed by atoms with E-state index in [1.165, 1.54) is 78.1 Å². The molecule has 0 bridgehead atoms. The molecule has 0 aliphatic heterocycles. The van der Waals surface area contributed by atoms with E-state index in [0.29, 0.717) is 0 Å². The van der Waals surface area contributed by atoms with E-state index in [4.69, 9.17) is 4.74 Å². The number of aliphatic hydroxyl groups excluding tert-OH is 1. The Balaban J connectivity index is 3.56. The Morgan fingerprint density at radius 1 is 0.793 bits per heavy atom. The third kappa shape index (κ3) is 16.4. The summed E-state index contributed by atoms with van der Waals surface area (Å²) >= 11 is 0. The summed E-state index contributed by atoms with van der Waals surface area (Å²) in [6.07, 6.45) is 15.4. The number of hydrogen-bond acceptors (Lipinski definition) is 4. The van der Waals surface area contributed by atoms with Crippen molar-refractivity contribution in [3.63, 3.8) is 0 Å². The number of carboxylic acid groups (broad SMARTS) is 1. The van der Waals surface area contributed by atoms with Crippen molar-refractivity contribution in [3.8, 4) is 0 Å². The monoisotopic (exact) mass is 414 g/mol. The molecule has 0 aromatic heterocycles. The van der Waals surface area contributed by atoms with E-state index in [0.717, 1.165) is 25.2 Å². The molecule has 5 heteroatoms. The normalized spacial score (nSPS) is 14.6. The van der Waals surface area contributed by atoms with Crippen molar-refractivity contribution in [2.45, 2.75) is 136 Å². The van der Waals surface area contributed by atoms with Crippen molar-refractivity contribution in [2.75, 3.05) is 0 Å². The molecule has 0 rings (SSSR count). The number of carbonyl (C=O) groups excluding carboxylic acids is 1. The molecule has 0 amide bonds. The fourth-order valence-corrected chi connectivity index (χ4v) is 3.63. The molecule has 0 heterocycles. The highest BCUT2D eigenvalue weighted by Gasteiger charge is 2.38. The topological polar surface area (TPSA) is 83.8 Å². The van der Waals surface area contributed by atoms with Gasteiger partial charge in [-0.1, -0.05) is 90.9 Å². The summed E-state index contributed by atoms with van der Waals surface area (Å²) in [4.78, 5) is 23.2. The molecule has 0 fully saturated rings. The molecule has 0 aromatic carbocycles. The lowest BCUT2D eigenvalue weighted by Gasteiger charge is -2.26. The van der Waals surface area contributed by atoms with Crippen LogP contribution in [0.4, 0.5) is 0 Å². The van der Waals surface area contributed by atoms with Crippen LogP contribution >= 0.6 is 0 Å². The SMILES string of the molecule is CC(C)CCCCCCCCCCCCCCC(=O)OC(C)(CC(C)O)C(=O)O. The van der Waals surface area contributed by atoms with Crippen LogP contribution in [0.15, 0.2) is 0 Å². The maximum Gasteiger partial charge on any atom is 0.347 e. The van der Waals surface area contributed by atoms with Gasteiger partial charge in [-0.05, 0) is 26.2 Å². The summed E-state index contributed by atoms with van der Waals surface area (Å²) in [5.41, 5.74) is -1.65. The Labute approximate surface area is 178 Å². The molecule has 0 spiro atoms. The molecule has 5 nitrogen and oxygen atoms in total. The quantitative estimate of drug-likeness (QED) is 0.192. The van der Waals surface area contributed by atoms with Crippen LogP contribution in [0.2, 0.25) is 0 Å². The van der Waals surface area contributed by atoms with Gasteiger partial charge in [-0.3, -0.25) is 4.79 Å². The Hall–Kier alpha value is -1.10. The predicted octanol–water partition coefficient (Wildman–Crippen LogP) is 6.26. The molecule has 0 saturated carbocycles. The summed E-state index contributed by atoms with van der Waals surface area (Å²) < 4.78 is 5.13. The number of esters is 1. The van der Waals surface area contributed by atoms with Crippen LogP contribution in [0.3, 0.4) is 0 Å². The summed E-state index contributed by atoms with van der Waals surface area (Å²) in [5.74, 6) is -0.882. The van der Waals surface area contributed by atoms with Gasteiger partial charge in [-0.25, -0.2) is 4.79 Å². The van der Waals surface area contributed by atoms with Crippen LogP contribution in [0, 0.1) is 5.92 Å². The van der Waals surface area contributed by atoms with Gasteiger partial charge >= 0.3 is 11.9 Å². The van der Waals surface area contributed by atoms with E-state index in [1.807, 2.05) is 0 Å². The third-order valence-corrected chi connectivity index (χ3v) is 5.39. The van der Waals surface area contributed by atoms with E-state index >= 15 is 0 Å². The van der Waals surface area contributed by atoms with Crippen LogP contribution in [0.25, 0.3) is 0 Å². The van der Waals surface area contributed by atoms with E-state index in [2.05, 4.69) is 13.8 Å². The first-order chi connectivity index (χ1) is 13.7. The first-order valence-corrected chi connectivity index (χ1v) is 11.8. The van der Waals surface area contributed by atoms with Gasteiger partial charge in [0.2, 0.25) is 5.60 Å². The maximum absolute atomic E-state index is 11.9. The van der Waals surface area contributed by atoms with Crippen LogP contribution in [-0.4, -0.2) is 33.9 Å². The standard InChI is InChI=1S/C24H46O5/c1-20(2)17-15-13-11-9-7-5-6-8-10-12-14-16-18-22(26)29-24(4,23(27)28)19-21(3)25/h20-21,25H,5-19H2,1-4H3,(H,27,28). The van der Waals surface area contributed by atoms with Gasteiger partial charge in [0.1, 0.15) is 0 Å². The van der Waals surface area contributed by atoms with Crippen molar-refractivity contribution in [1.29, 1.82) is 0 Å². The van der Waals surface area contributed by atoms with Crippen molar-refractivity contribution in [3.05, 3.63) is 0 Å². The highest BCUT2D eigenvalue weighted by Crippen LogP contribution is 2.20. The van der Waals surface area contributed by atoms with E-state index in [9.17, 15) is 19.8 Å². The van der Waals surface area contributed by atoms with Gasteiger partial charge in [0.15, 0.2) is 0 Å². The number of rotatable bonds is 19. The fourth-order valence-electron chi connectivity index (χ4n) is 3.63. The van der Waals surface area contributed by atoms with Gasteiger partial charge < -0.3 is 14.9 Å². The second-order valence-corrected chi connectivity index (χ2v) is 9.24. The Morgan fingerprint density at radius 3 is 1.59 bits per heavy atom. The van der Waals surface area contributed by atoms with Crippen LogP contribution in [0.1, 0.15) is 124 Å². The van der Waals surface area contributed by atoms with Gasteiger partial charge in [0.05, 0.1) is 6.10 Å². The molecule has 2 N–H and O–H groups in total. The summed E-state index contributed by atoms with van der Waals surface area (Å²) in [6.45, 7) is 7.41. The van der Waals surface area contributed by atoms with Gasteiger partial charge in [-0.15, -0.1) is 0 Å². The first kappa shape index (κ1) is 27.9. The van der Waals surface area contributed by atoms with Gasteiger partial charge in [0, 0.05) is 12.8 Å². The van der Waals surface area contributed by atoms with Crippen LogP contribution in [0.5, 0.6) is 0 Å². The van der Waals surface area contributed by atoms with Crippen LogP contribution in [-0.2, 0) is 14.3 Å².